The Labute approximate surface area is 171 Å². The largest absolute Gasteiger partial charge is 0.508 e. The molecule has 2 N–H and O–H groups in total. The number of aliphatic hydroxyl groups is 1. The molecule has 28 heavy (non-hydrogen) atoms. The van der Waals surface area contributed by atoms with E-state index in [1.807, 2.05) is 6.07 Å². The molecule has 1 aliphatic heterocycles. The Morgan fingerprint density at radius 1 is 1.07 bits per heavy atom. The molecule has 3 atom stereocenters. The smallest absolute Gasteiger partial charge is 0.127 e. The van der Waals surface area contributed by atoms with E-state index in [4.69, 9.17) is 4.74 Å². The van der Waals surface area contributed by atoms with Gasteiger partial charge < -0.3 is 14.9 Å². The fourth-order valence-electron chi connectivity index (χ4n) is 5.43. The van der Waals surface area contributed by atoms with E-state index < -0.39 is 0 Å². The second-order valence-electron chi connectivity index (χ2n) is 10.3. The summed E-state index contributed by atoms with van der Waals surface area (Å²) in [5, 5.41) is 21.2. The van der Waals surface area contributed by atoms with E-state index in [-0.39, 0.29) is 23.0 Å². The highest BCUT2D eigenvalue weighted by molar-refractivity contribution is 5.53. The zero-order chi connectivity index (χ0) is 20.5. The monoisotopic (exact) mass is 388 g/mol. The van der Waals surface area contributed by atoms with Crippen LogP contribution in [0.4, 0.5) is 0 Å². The molecule has 1 aliphatic carbocycles. The Hall–Kier alpha value is -1.22. The summed E-state index contributed by atoms with van der Waals surface area (Å²) in [4.78, 5) is 0. The number of phenols is 1. The van der Waals surface area contributed by atoms with Gasteiger partial charge in [0.2, 0.25) is 0 Å². The van der Waals surface area contributed by atoms with Crippen molar-refractivity contribution < 1.29 is 14.9 Å². The molecule has 0 spiro atoms. The molecule has 3 rings (SSSR count). The molecule has 2 aliphatic rings. The fourth-order valence-corrected chi connectivity index (χ4v) is 5.43. The molecule has 0 aromatic heterocycles. The lowest BCUT2D eigenvalue weighted by Gasteiger charge is -2.45. The highest BCUT2D eigenvalue weighted by Gasteiger charge is 2.46. The topological polar surface area (TPSA) is 49.7 Å². The van der Waals surface area contributed by atoms with Crippen LogP contribution in [0.2, 0.25) is 0 Å². The Bertz CT molecular complexity index is 677. The minimum Gasteiger partial charge on any atom is -0.508 e. The van der Waals surface area contributed by atoms with Crippen molar-refractivity contribution in [3.8, 4) is 11.5 Å². The summed E-state index contributed by atoms with van der Waals surface area (Å²) < 4.78 is 6.50. The van der Waals surface area contributed by atoms with Crippen molar-refractivity contribution in [2.45, 2.75) is 115 Å². The maximum Gasteiger partial charge on any atom is 0.127 e. The maximum absolute atomic E-state index is 11.0. The van der Waals surface area contributed by atoms with Crippen LogP contribution in [-0.2, 0) is 5.41 Å². The zero-order valence-corrected chi connectivity index (χ0v) is 18.6. The van der Waals surface area contributed by atoms with Gasteiger partial charge in [0.1, 0.15) is 17.1 Å². The van der Waals surface area contributed by atoms with E-state index in [1.54, 1.807) is 0 Å². The predicted octanol–water partition coefficient (Wildman–Crippen LogP) is 6.45. The number of hydrogen-bond donors (Lipinski definition) is 2. The van der Waals surface area contributed by atoms with E-state index in [9.17, 15) is 10.2 Å². The van der Waals surface area contributed by atoms with Crippen LogP contribution < -0.4 is 4.74 Å². The van der Waals surface area contributed by atoms with Gasteiger partial charge in [-0.1, -0.05) is 46.5 Å². The molecule has 0 amide bonds. The molecular weight excluding hydrogens is 348 g/mol. The molecule has 1 aromatic carbocycles. The van der Waals surface area contributed by atoms with Gasteiger partial charge in [0.25, 0.3) is 0 Å². The molecule has 1 heterocycles. The van der Waals surface area contributed by atoms with Gasteiger partial charge in [-0.05, 0) is 75.0 Å². The van der Waals surface area contributed by atoms with E-state index in [0.29, 0.717) is 11.7 Å². The second-order valence-corrected chi connectivity index (χ2v) is 10.3. The van der Waals surface area contributed by atoms with Gasteiger partial charge in [0, 0.05) is 11.5 Å². The lowest BCUT2D eigenvalue weighted by Crippen LogP contribution is -2.44. The number of ether oxygens (including phenoxy) is 1. The molecule has 0 bridgehead atoms. The Morgan fingerprint density at radius 3 is 2.50 bits per heavy atom. The van der Waals surface area contributed by atoms with Crippen LogP contribution in [0.25, 0.3) is 0 Å². The van der Waals surface area contributed by atoms with Gasteiger partial charge in [-0.25, -0.2) is 0 Å². The van der Waals surface area contributed by atoms with E-state index in [2.05, 4.69) is 40.7 Å². The minimum absolute atomic E-state index is 0.0181. The first-order valence-electron chi connectivity index (χ1n) is 11.4. The van der Waals surface area contributed by atoms with Crippen LogP contribution in [0.3, 0.4) is 0 Å². The van der Waals surface area contributed by atoms with Gasteiger partial charge >= 0.3 is 0 Å². The SMILES string of the molecule is CCCCCCC(C)(C)c1cc(O)c2c(c1)OC(C)(C)[C@@H]1CC[C@H](O)CC[C@@H]21. The highest BCUT2D eigenvalue weighted by atomic mass is 16.5. The number of benzene rings is 1. The quantitative estimate of drug-likeness (QED) is 0.551. The summed E-state index contributed by atoms with van der Waals surface area (Å²) in [6.07, 6.45) is 9.41. The van der Waals surface area contributed by atoms with Crippen molar-refractivity contribution in [2.75, 3.05) is 0 Å². The molecule has 1 saturated carbocycles. The minimum atomic E-state index is -0.280. The lowest BCUT2D eigenvalue weighted by molar-refractivity contribution is 0.00479. The average Bonchev–Trinajstić information content (AvgIpc) is 2.80. The number of aliphatic hydroxyl groups excluding tert-OH is 1. The van der Waals surface area contributed by atoms with Crippen LogP contribution >= 0.6 is 0 Å². The second kappa shape index (κ2) is 8.26. The maximum atomic E-state index is 11.0. The van der Waals surface area contributed by atoms with Crippen molar-refractivity contribution >= 4 is 0 Å². The number of phenolic OH excluding ortho intramolecular Hbond substituents is 1. The molecule has 0 radical (unpaired) electrons. The Morgan fingerprint density at radius 2 is 1.79 bits per heavy atom. The molecule has 3 heteroatoms. The third-order valence-electron chi connectivity index (χ3n) is 7.30. The number of rotatable bonds is 6. The molecule has 1 aromatic rings. The van der Waals surface area contributed by atoms with Crippen molar-refractivity contribution in [3.63, 3.8) is 0 Å². The van der Waals surface area contributed by atoms with Crippen LogP contribution in [0.5, 0.6) is 11.5 Å². The summed E-state index contributed by atoms with van der Waals surface area (Å²) in [5.41, 5.74) is 1.88. The molecule has 0 unspecified atom stereocenters. The highest BCUT2D eigenvalue weighted by Crippen LogP contribution is 2.54. The van der Waals surface area contributed by atoms with Crippen molar-refractivity contribution in [3.05, 3.63) is 23.3 Å². The molecular formula is C25H40O3. The van der Waals surface area contributed by atoms with Crippen LogP contribution in [-0.4, -0.2) is 21.9 Å². The van der Waals surface area contributed by atoms with Gasteiger partial charge in [-0.2, -0.15) is 0 Å². The number of aromatic hydroxyl groups is 1. The standard InChI is InChI=1S/C25H40O3/c1-6-7-8-9-14-24(2,3)17-15-21(27)23-19-12-10-18(26)11-13-20(19)25(4,5)28-22(23)16-17/h15-16,18-20,26-27H,6-14H2,1-5H3/t18-,19-,20-/m1/s1. The summed E-state index contributed by atoms with van der Waals surface area (Å²) >= 11 is 0. The molecule has 158 valence electrons. The van der Waals surface area contributed by atoms with Gasteiger partial charge in [0.15, 0.2) is 0 Å². The van der Waals surface area contributed by atoms with Crippen molar-refractivity contribution in [1.29, 1.82) is 0 Å². The first-order valence-corrected chi connectivity index (χ1v) is 11.4. The number of unbranched alkanes of at least 4 members (excludes halogenated alkanes) is 3. The number of fused-ring (bicyclic) bond motifs is 3. The first kappa shape index (κ1) is 21.5. The van der Waals surface area contributed by atoms with E-state index in [0.717, 1.165) is 43.4 Å². The Kier molecular flexibility index (Phi) is 6.34. The summed E-state index contributed by atoms with van der Waals surface area (Å²) in [5.74, 6) is 1.84. The first-order chi connectivity index (χ1) is 13.2. The van der Waals surface area contributed by atoms with Crippen LogP contribution in [0, 0.1) is 5.92 Å². The van der Waals surface area contributed by atoms with E-state index in [1.165, 1.54) is 31.2 Å². The van der Waals surface area contributed by atoms with Crippen molar-refractivity contribution in [1.82, 2.24) is 0 Å². The fraction of sp³-hybridized carbons (Fsp3) is 0.760. The molecule has 1 fully saturated rings. The molecule has 3 nitrogen and oxygen atoms in total. The summed E-state index contributed by atoms with van der Waals surface area (Å²) in [7, 11) is 0. The van der Waals surface area contributed by atoms with Crippen LogP contribution in [0.1, 0.15) is 109 Å². The van der Waals surface area contributed by atoms with Crippen LogP contribution in [0.15, 0.2) is 12.1 Å². The summed E-state index contributed by atoms with van der Waals surface area (Å²) in [6.45, 7) is 11.1. The predicted molar refractivity (Wildman–Crippen MR) is 115 cm³/mol. The third kappa shape index (κ3) is 4.35. The normalized spacial score (nSPS) is 26.7. The number of hydrogen-bond acceptors (Lipinski definition) is 3. The zero-order valence-electron chi connectivity index (χ0n) is 18.6. The van der Waals surface area contributed by atoms with Gasteiger partial charge in [-0.15, -0.1) is 0 Å². The Balaban J connectivity index is 1.92. The third-order valence-corrected chi connectivity index (χ3v) is 7.30. The van der Waals surface area contributed by atoms with Gasteiger partial charge in [0.05, 0.1) is 6.10 Å². The van der Waals surface area contributed by atoms with Crippen molar-refractivity contribution in [2.24, 2.45) is 5.92 Å². The average molecular weight is 389 g/mol. The summed E-state index contributed by atoms with van der Waals surface area (Å²) in [6, 6.07) is 4.17. The van der Waals surface area contributed by atoms with Gasteiger partial charge in [-0.3, -0.25) is 0 Å². The molecule has 0 saturated heterocycles. The van der Waals surface area contributed by atoms with E-state index >= 15 is 0 Å². The lowest BCUT2D eigenvalue weighted by atomic mass is 9.70.